The maximum Gasteiger partial charge on any atom is 0.303 e. The number of nitrogens with zero attached hydrogens (tertiary/aromatic N) is 4. The van der Waals surface area contributed by atoms with Crippen molar-refractivity contribution in [1.82, 2.24) is 19.6 Å². The molecule has 90 valence electrons. The van der Waals surface area contributed by atoms with Gasteiger partial charge in [-0.15, -0.1) is 10.2 Å². The Morgan fingerprint density at radius 2 is 2.29 bits per heavy atom. The Labute approximate surface area is 98.3 Å². The van der Waals surface area contributed by atoms with Gasteiger partial charge in [0, 0.05) is 24.6 Å². The van der Waals surface area contributed by atoms with Crippen LogP contribution in [0.5, 0.6) is 0 Å². The fourth-order valence-electron chi connectivity index (χ4n) is 1.76. The first-order chi connectivity index (χ1) is 8.06. The summed E-state index contributed by atoms with van der Waals surface area (Å²) in [5.41, 5.74) is 1.63. The van der Waals surface area contributed by atoms with Gasteiger partial charge in [-0.2, -0.15) is 0 Å². The molecule has 0 bridgehead atoms. The topological polar surface area (TPSA) is 80.4 Å². The first-order valence-electron chi connectivity index (χ1n) is 5.44. The zero-order valence-electron chi connectivity index (χ0n) is 9.79. The number of carboxylic acids is 1. The zero-order valence-corrected chi connectivity index (χ0v) is 9.79. The van der Waals surface area contributed by atoms with Gasteiger partial charge in [0.05, 0.1) is 0 Å². The Morgan fingerprint density at radius 1 is 1.53 bits per heavy atom. The van der Waals surface area contributed by atoms with E-state index < -0.39 is 5.97 Å². The van der Waals surface area contributed by atoms with Gasteiger partial charge in [0.2, 0.25) is 0 Å². The van der Waals surface area contributed by atoms with Crippen LogP contribution in [0.25, 0.3) is 5.65 Å². The third-order valence-corrected chi connectivity index (χ3v) is 2.56. The molecule has 2 aromatic rings. The molecule has 2 rings (SSSR count). The molecule has 0 spiro atoms. The summed E-state index contributed by atoms with van der Waals surface area (Å²) in [5, 5.41) is 16.8. The SMILES string of the molecule is Cc1cc2nnc(CC(C)CC(=O)O)n2cn1. The molecule has 0 saturated heterocycles. The lowest BCUT2D eigenvalue weighted by atomic mass is 10.0. The number of aliphatic carboxylic acids is 1. The van der Waals surface area contributed by atoms with E-state index >= 15 is 0 Å². The van der Waals surface area contributed by atoms with Gasteiger partial charge in [-0.25, -0.2) is 4.98 Å². The molecule has 0 saturated carbocycles. The van der Waals surface area contributed by atoms with E-state index in [9.17, 15) is 4.79 Å². The maximum atomic E-state index is 10.6. The fourth-order valence-corrected chi connectivity index (χ4v) is 1.76. The normalized spacial score (nSPS) is 12.8. The second-order valence-corrected chi connectivity index (χ2v) is 4.28. The van der Waals surface area contributed by atoms with Gasteiger partial charge in [0.1, 0.15) is 12.2 Å². The number of carbonyl (C=O) groups is 1. The van der Waals surface area contributed by atoms with Crippen LogP contribution in [0.1, 0.15) is 24.9 Å². The third kappa shape index (κ3) is 2.58. The monoisotopic (exact) mass is 234 g/mol. The van der Waals surface area contributed by atoms with E-state index in [1.807, 2.05) is 19.9 Å². The average Bonchev–Trinajstić information content (AvgIpc) is 2.59. The van der Waals surface area contributed by atoms with E-state index in [0.29, 0.717) is 6.42 Å². The summed E-state index contributed by atoms with van der Waals surface area (Å²) < 4.78 is 1.80. The molecule has 6 nitrogen and oxygen atoms in total. The minimum absolute atomic E-state index is 0.0289. The molecule has 0 aliphatic carbocycles. The summed E-state index contributed by atoms with van der Waals surface area (Å²) in [5.74, 6) is -0.0113. The van der Waals surface area contributed by atoms with E-state index in [-0.39, 0.29) is 12.3 Å². The molecule has 1 atom stereocenters. The van der Waals surface area contributed by atoms with E-state index in [1.165, 1.54) is 0 Å². The van der Waals surface area contributed by atoms with Gasteiger partial charge in [-0.1, -0.05) is 6.92 Å². The third-order valence-electron chi connectivity index (χ3n) is 2.56. The number of hydrogen-bond donors (Lipinski definition) is 1. The Bertz CT molecular complexity index is 549. The van der Waals surface area contributed by atoms with Crippen molar-refractivity contribution in [3.63, 3.8) is 0 Å². The summed E-state index contributed by atoms with van der Waals surface area (Å²) in [6.45, 7) is 3.78. The van der Waals surface area contributed by atoms with Crippen molar-refractivity contribution in [2.75, 3.05) is 0 Å². The molecule has 17 heavy (non-hydrogen) atoms. The van der Waals surface area contributed by atoms with E-state index in [0.717, 1.165) is 17.2 Å². The minimum atomic E-state index is -0.791. The van der Waals surface area contributed by atoms with Crippen molar-refractivity contribution in [1.29, 1.82) is 0 Å². The van der Waals surface area contributed by atoms with Crippen LogP contribution in [-0.4, -0.2) is 30.7 Å². The predicted octanol–water partition coefficient (Wildman–Crippen LogP) is 1.09. The lowest BCUT2D eigenvalue weighted by Gasteiger charge is -2.06. The van der Waals surface area contributed by atoms with Gasteiger partial charge < -0.3 is 5.11 Å². The Hall–Kier alpha value is -1.98. The van der Waals surface area contributed by atoms with E-state index in [1.54, 1.807) is 10.7 Å². The van der Waals surface area contributed by atoms with Crippen LogP contribution in [-0.2, 0) is 11.2 Å². The highest BCUT2D eigenvalue weighted by Gasteiger charge is 2.13. The van der Waals surface area contributed by atoms with Gasteiger partial charge in [0.25, 0.3) is 0 Å². The molecule has 0 fully saturated rings. The van der Waals surface area contributed by atoms with Crippen LogP contribution in [0, 0.1) is 12.8 Å². The number of hydrogen-bond acceptors (Lipinski definition) is 4. The molecule has 0 amide bonds. The first-order valence-corrected chi connectivity index (χ1v) is 5.44. The van der Waals surface area contributed by atoms with Crippen molar-refractivity contribution < 1.29 is 9.90 Å². The molecule has 2 aromatic heterocycles. The smallest absolute Gasteiger partial charge is 0.303 e. The number of rotatable bonds is 4. The summed E-state index contributed by atoms with van der Waals surface area (Å²) in [6.07, 6.45) is 2.39. The molecule has 0 aliphatic rings. The van der Waals surface area contributed by atoms with Crippen LogP contribution in [0.4, 0.5) is 0 Å². The molecule has 1 N–H and O–H groups in total. The van der Waals surface area contributed by atoms with Crippen LogP contribution in [0.2, 0.25) is 0 Å². The lowest BCUT2D eigenvalue weighted by molar-refractivity contribution is -0.137. The van der Waals surface area contributed by atoms with Crippen molar-refractivity contribution in [3.05, 3.63) is 23.9 Å². The van der Waals surface area contributed by atoms with Crippen LogP contribution in [0.15, 0.2) is 12.4 Å². The Kier molecular flexibility index (Phi) is 3.03. The molecule has 2 heterocycles. The number of carboxylic acid groups (broad SMARTS) is 1. The summed E-state index contributed by atoms with van der Waals surface area (Å²) >= 11 is 0. The highest BCUT2D eigenvalue weighted by Crippen LogP contribution is 2.11. The number of aryl methyl sites for hydroxylation is 1. The molecule has 0 radical (unpaired) electrons. The predicted molar refractivity (Wildman–Crippen MR) is 60.6 cm³/mol. The van der Waals surface area contributed by atoms with Crippen LogP contribution >= 0.6 is 0 Å². The standard InChI is InChI=1S/C11H14N4O2/c1-7(4-11(16)17)3-9-13-14-10-5-8(2)12-6-15(9)10/h5-7H,3-4H2,1-2H3,(H,16,17). The Morgan fingerprint density at radius 3 is 3.00 bits per heavy atom. The summed E-state index contributed by atoms with van der Waals surface area (Å²) in [4.78, 5) is 14.8. The second-order valence-electron chi connectivity index (χ2n) is 4.28. The molecular weight excluding hydrogens is 220 g/mol. The maximum absolute atomic E-state index is 10.6. The summed E-state index contributed by atoms with van der Waals surface area (Å²) in [6, 6.07) is 1.85. The zero-order chi connectivity index (χ0) is 12.4. The number of aromatic nitrogens is 4. The molecule has 1 unspecified atom stereocenters. The van der Waals surface area contributed by atoms with Crippen molar-refractivity contribution in [2.24, 2.45) is 5.92 Å². The highest BCUT2D eigenvalue weighted by molar-refractivity contribution is 5.66. The molecule has 0 aliphatic heterocycles. The van der Waals surface area contributed by atoms with Crippen molar-refractivity contribution in [2.45, 2.75) is 26.7 Å². The van der Waals surface area contributed by atoms with Gasteiger partial charge in [-0.3, -0.25) is 9.20 Å². The van der Waals surface area contributed by atoms with Crippen molar-refractivity contribution >= 4 is 11.6 Å². The van der Waals surface area contributed by atoms with E-state index in [2.05, 4.69) is 15.2 Å². The van der Waals surface area contributed by atoms with Crippen molar-refractivity contribution in [3.8, 4) is 0 Å². The highest BCUT2D eigenvalue weighted by atomic mass is 16.4. The van der Waals surface area contributed by atoms with Crippen LogP contribution in [0.3, 0.4) is 0 Å². The van der Waals surface area contributed by atoms with Gasteiger partial charge in [-0.05, 0) is 12.8 Å². The summed E-state index contributed by atoms with van der Waals surface area (Å²) in [7, 11) is 0. The largest absolute Gasteiger partial charge is 0.481 e. The fraction of sp³-hybridized carbons (Fsp3) is 0.455. The quantitative estimate of drug-likeness (QED) is 0.856. The van der Waals surface area contributed by atoms with Gasteiger partial charge >= 0.3 is 5.97 Å². The minimum Gasteiger partial charge on any atom is -0.481 e. The van der Waals surface area contributed by atoms with E-state index in [4.69, 9.17) is 5.11 Å². The molecule has 6 heteroatoms. The van der Waals surface area contributed by atoms with Gasteiger partial charge in [0.15, 0.2) is 5.65 Å². The number of fused-ring (bicyclic) bond motifs is 1. The molecule has 0 aromatic carbocycles. The first kappa shape index (κ1) is 11.5. The molecular formula is C11H14N4O2. The average molecular weight is 234 g/mol. The lowest BCUT2D eigenvalue weighted by Crippen LogP contribution is -2.09. The Balaban J connectivity index is 2.22. The second kappa shape index (κ2) is 4.48. The van der Waals surface area contributed by atoms with Crippen LogP contribution < -0.4 is 0 Å².